The predicted octanol–water partition coefficient (Wildman–Crippen LogP) is 4.63. The quantitative estimate of drug-likeness (QED) is 0.621. The first-order valence-corrected chi connectivity index (χ1v) is 9.88. The molecule has 0 fully saturated rings. The molecular formula is C23H30N2O3. The lowest BCUT2D eigenvalue weighted by atomic mass is 10.1. The van der Waals surface area contributed by atoms with Crippen molar-refractivity contribution in [2.24, 2.45) is 0 Å². The van der Waals surface area contributed by atoms with Crippen molar-refractivity contribution in [3.8, 4) is 5.75 Å². The Morgan fingerprint density at radius 3 is 2.54 bits per heavy atom. The molecule has 0 aliphatic heterocycles. The smallest absolute Gasteiger partial charge is 0.265 e. The molecule has 2 aromatic carbocycles. The van der Waals surface area contributed by atoms with Crippen LogP contribution in [-0.4, -0.2) is 24.5 Å². The summed E-state index contributed by atoms with van der Waals surface area (Å²) in [7, 11) is 0. The third-order valence-electron chi connectivity index (χ3n) is 4.52. The van der Waals surface area contributed by atoms with Gasteiger partial charge in [0.25, 0.3) is 11.8 Å². The van der Waals surface area contributed by atoms with Crippen LogP contribution in [0.5, 0.6) is 5.75 Å². The van der Waals surface area contributed by atoms with Gasteiger partial charge in [0.2, 0.25) is 0 Å². The Bertz CT molecular complexity index is 817. The van der Waals surface area contributed by atoms with Gasteiger partial charge in [0.05, 0.1) is 11.3 Å². The average molecular weight is 383 g/mol. The molecule has 0 radical (unpaired) electrons. The number of rotatable bonds is 9. The van der Waals surface area contributed by atoms with E-state index in [-0.39, 0.29) is 11.8 Å². The molecule has 5 heteroatoms. The van der Waals surface area contributed by atoms with Crippen molar-refractivity contribution in [3.05, 3.63) is 59.2 Å². The van der Waals surface area contributed by atoms with Crippen molar-refractivity contribution in [1.29, 1.82) is 0 Å². The number of hydrogen-bond acceptors (Lipinski definition) is 3. The number of amides is 2. The Morgan fingerprint density at radius 1 is 1.07 bits per heavy atom. The number of hydrogen-bond donors (Lipinski definition) is 2. The molecule has 2 N–H and O–H groups in total. The van der Waals surface area contributed by atoms with Gasteiger partial charge in [0.15, 0.2) is 6.10 Å². The van der Waals surface area contributed by atoms with E-state index in [0.29, 0.717) is 30.0 Å². The lowest BCUT2D eigenvalue weighted by Crippen LogP contribution is -2.33. The first-order chi connectivity index (χ1) is 13.5. The SMILES string of the molecule is CCCCNC(=O)c1ccccc1NC(=O)[C@@H](CC)Oc1cc(C)ccc1C. The van der Waals surface area contributed by atoms with Crippen LogP contribution in [0.25, 0.3) is 0 Å². The van der Waals surface area contributed by atoms with Crippen LogP contribution in [0.3, 0.4) is 0 Å². The van der Waals surface area contributed by atoms with Crippen LogP contribution in [0.1, 0.15) is 54.6 Å². The van der Waals surface area contributed by atoms with Gasteiger partial charge < -0.3 is 15.4 Å². The Kier molecular flexibility index (Phi) is 8.05. The molecule has 0 aliphatic rings. The lowest BCUT2D eigenvalue weighted by molar-refractivity contribution is -0.122. The first kappa shape index (κ1) is 21.5. The number of carbonyl (C=O) groups excluding carboxylic acids is 2. The fourth-order valence-electron chi connectivity index (χ4n) is 2.79. The minimum Gasteiger partial charge on any atom is -0.480 e. The number of unbranched alkanes of at least 4 members (excludes halogenated alkanes) is 1. The van der Waals surface area contributed by atoms with E-state index >= 15 is 0 Å². The molecule has 0 saturated heterocycles. The highest BCUT2D eigenvalue weighted by atomic mass is 16.5. The van der Waals surface area contributed by atoms with E-state index in [0.717, 1.165) is 24.0 Å². The molecule has 5 nitrogen and oxygen atoms in total. The van der Waals surface area contributed by atoms with Gasteiger partial charge in [0, 0.05) is 6.54 Å². The summed E-state index contributed by atoms with van der Waals surface area (Å²) in [5.74, 6) is 0.248. The van der Waals surface area contributed by atoms with Crippen LogP contribution in [0.4, 0.5) is 5.69 Å². The second-order valence-corrected chi connectivity index (χ2v) is 6.93. The second kappa shape index (κ2) is 10.5. The molecule has 2 rings (SSSR count). The summed E-state index contributed by atoms with van der Waals surface area (Å²) in [6.07, 6.45) is 1.80. The fraction of sp³-hybridized carbons (Fsp3) is 0.391. The van der Waals surface area contributed by atoms with E-state index in [2.05, 4.69) is 17.6 Å². The summed E-state index contributed by atoms with van der Waals surface area (Å²) in [5.41, 5.74) is 3.00. The molecule has 28 heavy (non-hydrogen) atoms. The maximum absolute atomic E-state index is 12.8. The van der Waals surface area contributed by atoms with Gasteiger partial charge in [0.1, 0.15) is 5.75 Å². The minimum absolute atomic E-state index is 0.187. The summed E-state index contributed by atoms with van der Waals surface area (Å²) < 4.78 is 5.98. The van der Waals surface area contributed by atoms with E-state index < -0.39 is 6.10 Å². The fourth-order valence-corrected chi connectivity index (χ4v) is 2.79. The van der Waals surface area contributed by atoms with Crippen molar-refractivity contribution >= 4 is 17.5 Å². The number of ether oxygens (including phenoxy) is 1. The van der Waals surface area contributed by atoms with Gasteiger partial charge in [-0.15, -0.1) is 0 Å². The van der Waals surface area contributed by atoms with Crippen molar-refractivity contribution < 1.29 is 14.3 Å². The third kappa shape index (κ3) is 5.84. The summed E-state index contributed by atoms with van der Waals surface area (Å²) in [6.45, 7) is 8.53. The number of anilines is 1. The maximum Gasteiger partial charge on any atom is 0.265 e. The highest BCUT2D eigenvalue weighted by Crippen LogP contribution is 2.22. The standard InChI is InChI=1S/C23H30N2O3/c1-5-7-14-24-22(26)18-10-8-9-11-19(18)25-23(27)20(6-2)28-21-15-16(3)12-13-17(21)4/h8-13,15,20H,5-7,14H2,1-4H3,(H,24,26)(H,25,27)/t20-/m1/s1. The molecule has 2 amide bonds. The molecule has 0 saturated carbocycles. The second-order valence-electron chi connectivity index (χ2n) is 6.93. The largest absolute Gasteiger partial charge is 0.480 e. The van der Waals surface area contributed by atoms with E-state index in [1.165, 1.54) is 0 Å². The molecule has 0 aromatic heterocycles. The Balaban J connectivity index is 2.12. The first-order valence-electron chi connectivity index (χ1n) is 9.88. The number of nitrogens with one attached hydrogen (secondary N) is 2. The minimum atomic E-state index is -0.642. The highest BCUT2D eigenvalue weighted by molar-refractivity contribution is 6.04. The Morgan fingerprint density at radius 2 is 1.82 bits per heavy atom. The summed E-state index contributed by atoms with van der Waals surface area (Å²) in [5, 5.41) is 5.75. The van der Waals surface area contributed by atoms with Gasteiger partial charge >= 0.3 is 0 Å². The van der Waals surface area contributed by atoms with Crippen LogP contribution in [-0.2, 0) is 4.79 Å². The number of carbonyl (C=O) groups is 2. The molecule has 0 aliphatic carbocycles. The molecular weight excluding hydrogens is 352 g/mol. The van der Waals surface area contributed by atoms with Gasteiger partial charge in [-0.2, -0.15) is 0 Å². The molecule has 2 aromatic rings. The van der Waals surface area contributed by atoms with Crippen LogP contribution in [0.15, 0.2) is 42.5 Å². The van der Waals surface area contributed by atoms with Crippen molar-refractivity contribution in [1.82, 2.24) is 5.32 Å². The number of aryl methyl sites for hydroxylation is 2. The zero-order valence-electron chi connectivity index (χ0n) is 17.2. The lowest BCUT2D eigenvalue weighted by Gasteiger charge is -2.20. The number of benzene rings is 2. The van der Waals surface area contributed by atoms with Gasteiger partial charge in [-0.05, 0) is 56.0 Å². The van der Waals surface area contributed by atoms with Gasteiger partial charge in [-0.25, -0.2) is 0 Å². The highest BCUT2D eigenvalue weighted by Gasteiger charge is 2.21. The van der Waals surface area contributed by atoms with Gasteiger partial charge in [-0.3, -0.25) is 9.59 Å². The zero-order chi connectivity index (χ0) is 20.5. The summed E-state index contributed by atoms with van der Waals surface area (Å²) in [6, 6.07) is 12.9. The maximum atomic E-state index is 12.8. The van der Waals surface area contributed by atoms with Crippen molar-refractivity contribution in [2.45, 2.75) is 53.1 Å². The monoisotopic (exact) mass is 382 g/mol. The molecule has 0 bridgehead atoms. The van der Waals surface area contributed by atoms with Crippen molar-refractivity contribution in [3.63, 3.8) is 0 Å². The third-order valence-corrected chi connectivity index (χ3v) is 4.52. The summed E-state index contributed by atoms with van der Waals surface area (Å²) in [4.78, 5) is 25.3. The predicted molar refractivity (Wildman–Crippen MR) is 113 cm³/mol. The Hall–Kier alpha value is -2.82. The van der Waals surface area contributed by atoms with Crippen LogP contribution >= 0.6 is 0 Å². The summed E-state index contributed by atoms with van der Waals surface area (Å²) >= 11 is 0. The van der Waals surface area contributed by atoms with Crippen LogP contribution in [0, 0.1) is 13.8 Å². The van der Waals surface area contributed by atoms with E-state index in [1.807, 2.05) is 39.0 Å². The molecule has 1 atom stereocenters. The number of para-hydroxylation sites is 1. The van der Waals surface area contributed by atoms with Crippen molar-refractivity contribution in [2.75, 3.05) is 11.9 Å². The average Bonchev–Trinajstić information content (AvgIpc) is 2.69. The van der Waals surface area contributed by atoms with E-state index in [9.17, 15) is 9.59 Å². The van der Waals surface area contributed by atoms with Crippen LogP contribution < -0.4 is 15.4 Å². The van der Waals surface area contributed by atoms with Gasteiger partial charge in [-0.1, -0.05) is 44.5 Å². The molecule has 0 heterocycles. The Labute approximate surface area is 167 Å². The molecule has 0 unspecified atom stereocenters. The topological polar surface area (TPSA) is 67.4 Å². The van der Waals surface area contributed by atoms with Crippen LogP contribution in [0.2, 0.25) is 0 Å². The molecule has 0 spiro atoms. The van der Waals surface area contributed by atoms with E-state index in [1.54, 1.807) is 24.3 Å². The normalized spacial score (nSPS) is 11.6. The van der Waals surface area contributed by atoms with E-state index in [4.69, 9.17) is 4.74 Å². The molecule has 150 valence electrons. The zero-order valence-corrected chi connectivity index (χ0v) is 17.2.